The Morgan fingerprint density at radius 3 is 1.29 bits per heavy atom. The van der Waals surface area contributed by atoms with Crippen LogP contribution >= 0.6 is 0 Å². The van der Waals surface area contributed by atoms with Crippen molar-refractivity contribution in [2.75, 3.05) is 0 Å². The maximum atomic E-state index is 13.2. The molecule has 2 aliphatic heterocycles. The summed E-state index contributed by atoms with van der Waals surface area (Å²) in [5.41, 5.74) is 3.64. The van der Waals surface area contributed by atoms with Crippen molar-refractivity contribution in [3.63, 3.8) is 0 Å². The SMILES string of the molecule is CC1(C)OB(c2ccc3c(c2)C(=Nc2ccc(C(F)(F)F)cc2)c2cc(B4OC(C)(C)C(C)(C)O4)ccc2-3)OC1(C)C. The van der Waals surface area contributed by atoms with E-state index >= 15 is 0 Å². The zero-order chi connectivity index (χ0) is 30.5. The van der Waals surface area contributed by atoms with Crippen LogP contribution in [-0.4, -0.2) is 42.4 Å². The maximum absolute atomic E-state index is 13.2. The molecule has 0 spiro atoms. The van der Waals surface area contributed by atoms with Crippen LogP contribution in [0, 0.1) is 0 Å². The van der Waals surface area contributed by atoms with Gasteiger partial charge in [-0.25, -0.2) is 4.99 Å². The van der Waals surface area contributed by atoms with E-state index < -0.39 is 48.4 Å². The molecule has 3 aromatic rings. The van der Waals surface area contributed by atoms with Gasteiger partial charge in [-0.1, -0.05) is 36.4 Å². The van der Waals surface area contributed by atoms with Gasteiger partial charge in [0.1, 0.15) is 0 Å². The lowest BCUT2D eigenvalue weighted by Crippen LogP contribution is -2.41. The molecule has 3 aliphatic rings. The van der Waals surface area contributed by atoms with E-state index in [0.29, 0.717) is 11.4 Å². The molecule has 2 heterocycles. The highest BCUT2D eigenvalue weighted by molar-refractivity contribution is 6.63. The van der Waals surface area contributed by atoms with Gasteiger partial charge >= 0.3 is 20.4 Å². The highest BCUT2D eigenvalue weighted by atomic mass is 19.4. The van der Waals surface area contributed by atoms with Crippen molar-refractivity contribution in [1.29, 1.82) is 0 Å². The Morgan fingerprint density at radius 2 is 0.929 bits per heavy atom. The van der Waals surface area contributed by atoms with E-state index in [1.807, 2.05) is 91.8 Å². The number of alkyl halides is 3. The second-order valence-corrected chi connectivity index (χ2v) is 13.3. The third-order valence-electron chi connectivity index (χ3n) is 9.37. The van der Waals surface area contributed by atoms with Crippen molar-refractivity contribution in [2.24, 2.45) is 4.99 Å². The average Bonchev–Trinajstić information content (AvgIpc) is 3.40. The van der Waals surface area contributed by atoms with Gasteiger partial charge in [-0.15, -0.1) is 0 Å². The van der Waals surface area contributed by atoms with Crippen LogP contribution in [0.1, 0.15) is 72.1 Å². The van der Waals surface area contributed by atoms with Crippen molar-refractivity contribution in [2.45, 2.75) is 84.0 Å². The Balaban J connectivity index is 1.45. The molecule has 0 unspecified atom stereocenters. The predicted octanol–water partition coefficient (Wildman–Crippen LogP) is 6.45. The largest absolute Gasteiger partial charge is 0.494 e. The number of hydrogen-bond donors (Lipinski definition) is 0. The molecule has 0 N–H and O–H groups in total. The van der Waals surface area contributed by atoms with Crippen molar-refractivity contribution >= 4 is 36.6 Å². The molecule has 5 nitrogen and oxygen atoms in total. The number of hydrogen-bond acceptors (Lipinski definition) is 5. The lowest BCUT2D eigenvalue weighted by molar-refractivity contribution is -0.137. The second-order valence-electron chi connectivity index (χ2n) is 13.3. The maximum Gasteiger partial charge on any atom is 0.494 e. The lowest BCUT2D eigenvalue weighted by Gasteiger charge is -2.32. The van der Waals surface area contributed by atoms with E-state index in [0.717, 1.165) is 45.3 Å². The van der Waals surface area contributed by atoms with Gasteiger partial charge in [0.2, 0.25) is 0 Å². The molecule has 3 aromatic carbocycles. The summed E-state index contributed by atoms with van der Waals surface area (Å²) in [5, 5.41) is 0. The molecule has 10 heteroatoms. The number of rotatable bonds is 3. The van der Waals surface area contributed by atoms with Crippen LogP contribution < -0.4 is 10.9 Å². The number of halogens is 3. The van der Waals surface area contributed by atoms with Gasteiger partial charge in [-0.05, 0) is 102 Å². The Bertz CT molecular complexity index is 1480. The average molecular weight is 575 g/mol. The van der Waals surface area contributed by atoms with E-state index in [2.05, 4.69) is 0 Å². The predicted molar refractivity (Wildman–Crippen MR) is 160 cm³/mol. The third-order valence-corrected chi connectivity index (χ3v) is 9.37. The highest BCUT2D eigenvalue weighted by Crippen LogP contribution is 2.41. The molecule has 2 fully saturated rings. The van der Waals surface area contributed by atoms with E-state index in [4.69, 9.17) is 23.6 Å². The van der Waals surface area contributed by atoms with Gasteiger partial charge in [0.15, 0.2) is 0 Å². The summed E-state index contributed by atoms with van der Waals surface area (Å²) >= 11 is 0. The van der Waals surface area contributed by atoms with Crippen LogP contribution in [-0.2, 0) is 24.8 Å². The normalized spacial score (nSPS) is 21.5. The van der Waals surface area contributed by atoms with Gasteiger partial charge in [-0.2, -0.15) is 13.2 Å². The van der Waals surface area contributed by atoms with E-state index in [-0.39, 0.29) is 0 Å². The standard InChI is InChI=1S/C32H34B2F3NO4/c1-28(2)29(3,4)40-33(39-28)20-11-15-23-24-16-12-21(34-41-30(5,6)31(7,8)42-34)18-26(24)27(25(23)17-20)38-22-13-9-19(10-14-22)32(35,36)37/h9-18H,1-8H3. The molecule has 42 heavy (non-hydrogen) atoms. The van der Waals surface area contributed by atoms with Gasteiger partial charge in [-0.3, -0.25) is 0 Å². The number of nitrogens with zero attached hydrogens (tertiary/aromatic N) is 1. The summed E-state index contributed by atoms with van der Waals surface area (Å²) in [6.45, 7) is 16.0. The Hall–Kier alpha value is -2.91. The number of benzene rings is 3. The molecule has 0 aromatic heterocycles. The summed E-state index contributed by atoms with van der Waals surface area (Å²) in [6.07, 6.45) is -4.42. The summed E-state index contributed by atoms with van der Waals surface area (Å²) in [5.74, 6) is 0. The molecule has 0 bridgehead atoms. The van der Waals surface area contributed by atoms with Crippen molar-refractivity contribution in [3.8, 4) is 11.1 Å². The minimum absolute atomic E-state index is 0.416. The first-order chi connectivity index (χ1) is 19.4. The van der Waals surface area contributed by atoms with E-state index in [1.165, 1.54) is 12.1 Å². The third kappa shape index (κ3) is 4.73. The highest BCUT2D eigenvalue weighted by Gasteiger charge is 2.53. The van der Waals surface area contributed by atoms with Gasteiger partial charge < -0.3 is 18.6 Å². The minimum atomic E-state index is -4.42. The second kappa shape index (κ2) is 9.29. The smallest absolute Gasteiger partial charge is 0.399 e. The van der Waals surface area contributed by atoms with Crippen LogP contribution in [0.25, 0.3) is 11.1 Å². The minimum Gasteiger partial charge on any atom is -0.399 e. The fourth-order valence-corrected chi connectivity index (χ4v) is 5.36. The van der Waals surface area contributed by atoms with Crippen LogP contribution in [0.4, 0.5) is 18.9 Å². The fourth-order valence-electron chi connectivity index (χ4n) is 5.36. The Labute approximate surface area is 245 Å². The summed E-state index contributed by atoms with van der Waals surface area (Å²) in [6, 6.07) is 16.9. The van der Waals surface area contributed by atoms with Crippen molar-refractivity contribution in [3.05, 3.63) is 77.4 Å². The molecule has 2 saturated heterocycles. The molecule has 0 amide bonds. The fraction of sp³-hybridized carbons (Fsp3) is 0.406. The first-order valence-electron chi connectivity index (χ1n) is 14.1. The Morgan fingerprint density at radius 1 is 0.548 bits per heavy atom. The van der Waals surface area contributed by atoms with Gasteiger partial charge in [0.25, 0.3) is 0 Å². The van der Waals surface area contributed by atoms with Crippen LogP contribution in [0.3, 0.4) is 0 Å². The topological polar surface area (TPSA) is 49.3 Å². The van der Waals surface area contributed by atoms with Crippen LogP contribution in [0.2, 0.25) is 0 Å². The summed E-state index contributed by atoms with van der Waals surface area (Å²) in [4.78, 5) is 4.90. The molecular formula is C32H34B2F3NO4. The first-order valence-corrected chi connectivity index (χ1v) is 14.1. The van der Waals surface area contributed by atoms with Gasteiger partial charge in [0.05, 0.1) is 39.4 Å². The first kappa shape index (κ1) is 29.2. The van der Waals surface area contributed by atoms with Crippen LogP contribution in [0.15, 0.2) is 65.7 Å². The molecule has 6 rings (SSSR count). The van der Waals surface area contributed by atoms with E-state index in [9.17, 15) is 13.2 Å². The zero-order valence-electron chi connectivity index (χ0n) is 25.1. The molecule has 0 saturated carbocycles. The zero-order valence-corrected chi connectivity index (χ0v) is 25.1. The molecular weight excluding hydrogens is 541 g/mol. The van der Waals surface area contributed by atoms with E-state index in [1.54, 1.807) is 0 Å². The van der Waals surface area contributed by atoms with Crippen LogP contribution in [0.5, 0.6) is 0 Å². The molecule has 0 radical (unpaired) electrons. The van der Waals surface area contributed by atoms with Gasteiger partial charge in [0, 0.05) is 11.1 Å². The number of fused-ring (bicyclic) bond motifs is 3. The quantitative estimate of drug-likeness (QED) is 0.264. The molecule has 1 aliphatic carbocycles. The number of aliphatic imine (C=N–C) groups is 1. The van der Waals surface area contributed by atoms with Crippen molar-refractivity contribution < 1.29 is 31.8 Å². The van der Waals surface area contributed by atoms with Crippen molar-refractivity contribution in [1.82, 2.24) is 0 Å². The summed E-state index contributed by atoms with van der Waals surface area (Å²) in [7, 11) is -1.15. The lowest BCUT2D eigenvalue weighted by atomic mass is 9.77. The molecule has 0 atom stereocenters. The molecule has 218 valence electrons. The Kier molecular flexibility index (Phi) is 6.46. The monoisotopic (exact) mass is 575 g/mol. The summed E-state index contributed by atoms with van der Waals surface area (Å²) < 4.78 is 65.0.